The minimum Gasteiger partial charge on any atom is -0.379 e. The molecule has 0 aromatic rings. The molecule has 1 aliphatic carbocycles. The Bertz CT molecular complexity index is 187. The van der Waals surface area contributed by atoms with Gasteiger partial charge in [-0.3, -0.25) is 4.90 Å². The quantitative estimate of drug-likeness (QED) is 0.559. The Morgan fingerprint density at radius 3 is 2.50 bits per heavy atom. The SMILES string of the molecule is C#CC(C1CC1)N1CCOCC1. The molecule has 0 spiro atoms. The van der Waals surface area contributed by atoms with E-state index in [1.54, 1.807) is 0 Å². The molecule has 0 aromatic carbocycles. The van der Waals surface area contributed by atoms with Crippen molar-refractivity contribution in [3.63, 3.8) is 0 Å². The highest BCUT2D eigenvalue weighted by atomic mass is 16.5. The van der Waals surface area contributed by atoms with E-state index >= 15 is 0 Å². The lowest BCUT2D eigenvalue weighted by Crippen LogP contribution is -2.43. The molecule has 1 saturated carbocycles. The molecule has 1 unspecified atom stereocenters. The van der Waals surface area contributed by atoms with E-state index in [-0.39, 0.29) is 0 Å². The van der Waals surface area contributed by atoms with E-state index in [2.05, 4.69) is 10.8 Å². The van der Waals surface area contributed by atoms with Crippen LogP contribution >= 0.6 is 0 Å². The molecule has 66 valence electrons. The van der Waals surface area contributed by atoms with Gasteiger partial charge in [-0.15, -0.1) is 6.42 Å². The van der Waals surface area contributed by atoms with E-state index in [9.17, 15) is 0 Å². The fourth-order valence-corrected chi connectivity index (χ4v) is 1.81. The van der Waals surface area contributed by atoms with Crippen LogP contribution in [-0.2, 0) is 4.74 Å². The number of hydrogen-bond acceptors (Lipinski definition) is 2. The third-order valence-electron chi connectivity index (χ3n) is 2.68. The van der Waals surface area contributed by atoms with Crippen LogP contribution in [0.3, 0.4) is 0 Å². The lowest BCUT2D eigenvalue weighted by Gasteiger charge is -2.31. The topological polar surface area (TPSA) is 12.5 Å². The number of nitrogens with zero attached hydrogens (tertiary/aromatic N) is 1. The van der Waals surface area contributed by atoms with E-state index in [0.717, 1.165) is 32.2 Å². The Morgan fingerprint density at radius 1 is 1.33 bits per heavy atom. The summed E-state index contributed by atoms with van der Waals surface area (Å²) in [6.07, 6.45) is 8.16. The second kappa shape index (κ2) is 3.47. The third kappa shape index (κ3) is 1.63. The molecule has 0 amide bonds. The zero-order valence-corrected chi connectivity index (χ0v) is 7.33. The normalized spacial score (nSPS) is 27.9. The van der Waals surface area contributed by atoms with Gasteiger partial charge in [-0.05, 0) is 18.8 Å². The number of terminal acetylenes is 1. The summed E-state index contributed by atoms with van der Waals surface area (Å²) in [5, 5.41) is 0. The van der Waals surface area contributed by atoms with E-state index in [4.69, 9.17) is 11.2 Å². The van der Waals surface area contributed by atoms with Crippen molar-refractivity contribution in [1.82, 2.24) is 4.90 Å². The van der Waals surface area contributed by atoms with Gasteiger partial charge >= 0.3 is 0 Å². The Balaban J connectivity index is 1.91. The van der Waals surface area contributed by atoms with Crippen molar-refractivity contribution in [3.05, 3.63) is 0 Å². The Hall–Kier alpha value is -0.520. The summed E-state index contributed by atoms with van der Waals surface area (Å²) >= 11 is 0. The lowest BCUT2D eigenvalue weighted by molar-refractivity contribution is 0.0236. The van der Waals surface area contributed by atoms with Crippen LogP contribution in [0.4, 0.5) is 0 Å². The molecular formula is C10H15NO. The van der Waals surface area contributed by atoms with E-state index in [1.807, 2.05) is 0 Å². The number of ether oxygens (including phenoxy) is 1. The predicted octanol–water partition coefficient (Wildman–Crippen LogP) is 0.730. The van der Waals surface area contributed by atoms with Gasteiger partial charge in [-0.1, -0.05) is 5.92 Å². The Kier molecular flexibility index (Phi) is 2.34. The maximum Gasteiger partial charge on any atom is 0.0742 e. The molecule has 0 radical (unpaired) electrons. The molecule has 12 heavy (non-hydrogen) atoms. The van der Waals surface area contributed by atoms with E-state index < -0.39 is 0 Å². The zero-order chi connectivity index (χ0) is 8.39. The molecule has 0 bridgehead atoms. The highest BCUT2D eigenvalue weighted by molar-refractivity contribution is 5.07. The van der Waals surface area contributed by atoms with E-state index in [0.29, 0.717) is 6.04 Å². The van der Waals surface area contributed by atoms with Gasteiger partial charge in [0.15, 0.2) is 0 Å². The van der Waals surface area contributed by atoms with Crippen molar-refractivity contribution >= 4 is 0 Å². The van der Waals surface area contributed by atoms with Gasteiger partial charge in [-0.25, -0.2) is 0 Å². The Morgan fingerprint density at radius 2 is 2.00 bits per heavy atom. The Labute approximate surface area is 73.9 Å². The van der Waals surface area contributed by atoms with Gasteiger partial charge in [0.1, 0.15) is 0 Å². The average molecular weight is 165 g/mol. The molecule has 2 heteroatoms. The first kappa shape index (κ1) is 8.10. The lowest BCUT2D eigenvalue weighted by atomic mass is 10.1. The van der Waals surface area contributed by atoms with E-state index in [1.165, 1.54) is 12.8 Å². The van der Waals surface area contributed by atoms with Crippen molar-refractivity contribution in [2.75, 3.05) is 26.3 Å². The summed E-state index contributed by atoms with van der Waals surface area (Å²) in [5.74, 6) is 3.69. The van der Waals surface area contributed by atoms with Crippen LogP contribution in [0.2, 0.25) is 0 Å². The largest absolute Gasteiger partial charge is 0.379 e. The van der Waals surface area contributed by atoms with Crippen LogP contribution in [0, 0.1) is 18.3 Å². The minimum absolute atomic E-state index is 0.397. The second-order valence-corrected chi connectivity index (χ2v) is 3.60. The van der Waals surface area contributed by atoms with Gasteiger partial charge in [-0.2, -0.15) is 0 Å². The second-order valence-electron chi connectivity index (χ2n) is 3.60. The summed E-state index contributed by atoms with van der Waals surface area (Å²) in [7, 11) is 0. The van der Waals surface area contributed by atoms with Crippen molar-refractivity contribution in [2.24, 2.45) is 5.92 Å². The smallest absolute Gasteiger partial charge is 0.0742 e. The molecule has 0 N–H and O–H groups in total. The highest BCUT2D eigenvalue weighted by Crippen LogP contribution is 2.35. The minimum atomic E-state index is 0.397. The van der Waals surface area contributed by atoms with Crippen molar-refractivity contribution in [2.45, 2.75) is 18.9 Å². The standard InChI is InChI=1S/C10H15NO/c1-2-10(9-3-4-9)11-5-7-12-8-6-11/h1,9-10H,3-8H2. The average Bonchev–Trinajstić information content (AvgIpc) is 2.92. The summed E-state index contributed by atoms with van der Waals surface area (Å²) in [6, 6.07) is 0.397. The van der Waals surface area contributed by atoms with Crippen molar-refractivity contribution in [1.29, 1.82) is 0 Å². The van der Waals surface area contributed by atoms with Crippen LogP contribution < -0.4 is 0 Å². The molecular weight excluding hydrogens is 150 g/mol. The van der Waals surface area contributed by atoms with Crippen LogP contribution in [0.1, 0.15) is 12.8 Å². The predicted molar refractivity (Wildman–Crippen MR) is 47.7 cm³/mol. The summed E-state index contributed by atoms with van der Waals surface area (Å²) in [4.78, 5) is 2.39. The fraction of sp³-hybridized carbons (Fsp3) is 0.800. The molecule has 2 rings (SSSR count). The maximum absolute atomic E-state index is 5.51. The molecule has 2 fully saturated rings. The number of rotatable bonds is 2. The third-order valence-corrected chi connectivity index (χ3v) is 2.68. The molecule has 1 atom stereocenters. The molecule has 1 heterocycles. The molecule has 0 aromatic heterocycles. The maximum atomic E-state index is 5.51. The number of hydrogen-bond donors (Lipinski definition) is 0. The molecule has 2 nitrogen and oxygen atoms in total. The van der Waals surface area contributed by atoms with Crippen molar-refractivity contribution < 1.29 is 4.74 Å². The van der Waals surface area contributed by atoms with Gasteiger partial charge in [0.25, 0.3) is 0 Å². The van der Waals surface area contributed by atoms with Gasteiger partial charge in [0, 0.05) is 13.1 Å². The van der Waals surface area contributed by atoms with Crippen LogP contribution in [0.15, 0.2) is 0 Å². The zero-order valence-electron chi connectivity index (χ0n) is 7.33. The highest BCUT2D eigenvalue weighted by Gasteiger charge is 2.34. The first-order chi connectivity index (χ1) is 5.92. The van der Waals surface area contributed by atoms with Gasteiger partial charge < -0.3 is 4.74 Å². The molecule has 1 aliphatic heterocycles. The summed E-state index contributed by atoms with van der Waals surface area (Å²) < 4.78 is 5.28. The molecule has 1 saturated heterocycles. The van der Waals surface area contributed by atoms with Crippen molar-refractivity contribution in [3.8, 4) is 12.3 Å². The van der Waals surface area contributed by atoms with Crippen LogP contribution in [0.25, 0.3) is 0 Å². The van der Waals surface area contributed by atoms with Crippen LogP contribution in [0.5, 0.6) is 0 Å². The monoisotopic (exact) mass is 165 g/mol. The first-order valence-corrected chi connectivity index (χ1v) is 4.70. The van der Waals surface area contributed by atoms with Crippen LogP contribution in [-0.4, -0.2) is 37.2 Å². The summed E-state index contributed by atoms with van der Waals surface area (Å²) in [6.45, 7) is 3.74. The van der Waals surface area contributed by atoms with Gasteiger partial charge in [0.05, 0.1) is 19.3 Å². The van der Waals surface area contributed by atoms with Gasteiger partial charge in [0.2, 0.25) is 0 Å². The molecule has 2 aliphatic rings. The first-order valence-electron chi connectivity index (χ1n) is 4.70. The summed E-state index contributed by atoms with van der Waals surface area (Å²) in [5.41, 5.74) is 0. The number of morpholine rings is 1. The fourth-order valence-electron chi connectivity index (χ4n) is 1.81.